The average Bonchev–Trinajstić information content (AvgIpc) is 3.03. The Hall–Kier alpha value is -3.75. The molecular weight excluding hydrogens is 558 g/mol. The number of hydrogen-bond acceptors (Lipinski definition) is 4. The lowest BCUT2D eigenvalue weighted by Crippen LogP contribution is -2.50. The van der Waals surface area contributed by atoms with Gasteiger partial charge in [0.2, 0.25) is 21.8 Å². The molecule has 2 amide bonds. The fourth-order valence-electron chi connectivity index (χ4n) is 5.43. The Balaban J connectivity index is 1.52. The zero-order chi connectivity index (χ0) is 30.5. The van der Waals surface area contributed by atoms with Crippen LogP contribution in [0, 0.1) is 0 Å². The van der Waals surface area contributed by atoms with E-state index in [1.165, 1.54) is 18.4 Å². The summed E-state index contributed by atoms with van der Waals surface area (Å²) in [6.45, 7) is 2.91. The third-order valence-corrected chi connectivity index (χ3v) is 9.35. The molecule has 7 nitrogen and oxygen atoms in total. The Morgan fingerprint density at radius 2 is 1.51 bits per heavy atom. The van der Waals surface area contributed by atoms with E-state index >= 15 is 0 Å². The van der Waals surface area contributed by atoms with Crippen molar-refractivity contribution >= 4 is 21.8 Å². The van der Waals surface area contributed by atoms with Gasteiger partial charge in [0.15, 0.2) is 0 Å². The predicted octanol–water partition coefficient (Wildman–Crippen LogP) is 5.56. The van der Waals surface area contributed by atoms with Crippen LogP contribution in [0.2, 0.25) is 0 Å². The number of nitrogens with zero attached hydrogens (tertiary/aromatic N) is 1. The largest absolute Gasteiger partial charge is 0.354 e. The van der Waals surface area contributed by atoms with Crippen LogP contribution < -0.4 is 10.0 Å². The number of rotatable bonds is 15. The highest BCUT2D eigenvalue weighted by Crippen LogP contribution is 2.21. The Labute approximate surface area is 256 Å². The first-order chi connectivity index (χ1) is 20.9. The number of allylic oxidation sites excluding steroid dienone is 1. The van der Waals surface area contributed by atoms with E-state index in [2.05, 4.69) is 16.1 Å². The van der Waals surface area contributed by atoms with E-state index in [-0.39, 0.29) is 23.1 Å². The molecule has 0 unspecified atom stereocenters. The maximum Gasteiger partial charge on any atom is 0.243 e. The number of sulfonamides is 1. The highest BCUT2D eigenvalue weighted by Gasteiger charge is 2.30. The summed E-state index contributed by atoms with van der Waals surface area (Å²) >= 11 is 0. The van der Waals surface area contributed by atoms with E-state index in [1.54, 1.807) is 36.1 Å². The molecule has 228 valence electrons. The van der Waals surface area contributed by atoms with Crippen LogP contribution in [0.15, 0.2) is 101 Å². The number of amides is 2. The molecule has 0 heterocycles. The van der Waals surface area contributed by atoms with Gasteiger partial charge in [0, 0.05) is 32.5 Å². The minimum Gasteiger partial charge on any atom is -0.354 e. The molecule has 1 aliphatic rings. The first-order valence-corrected chi connectivity index (χ1v) is 16.8. The molecule has 1 aliphatic carbocycles. The molecule has 0 spiro atoms. The fraction of sp³-hybridized carbons (Fsp3) is 0.371. The quantitative estimate of drug-likeness (QED) is 0.223. The lowest BCUT2D eigenvalue weighted by Gasteiger charge is -2.32. The van der Waals surface area contributed by atoms with Gasteiger partial charge in [0.1, 0.15) is 6.04 Å². The molecule has 0 aromatic heterocycles. The molecule has 0 radical (unpaired) electrons. The third kappa shape index (κ3) is 9.90. The number of hydrogen-bond donors (Lipinski definition) is 2. The summed E-state index contributed by atoms with van der Waals surface area (Å²) in [4.78, 5) is 29.6. The maximum atomic E-state index is 13.9. The van der Waals surface area contributed by atoms with Crippen molar-refractivity contribution in [1.29, 1.82) is 0 Å². The van der Waals surface area contributed by atoms with E-state index in [9.17, 15) is 18.0 Å². The average molecular weight is 602 g/mol. The Morgan fingerprint density at radius 3 is 2.14 bits per heavy atom. The van der Waals surface area contributed by atoms with Gasteiger partial charge in [-0.05, 0) is 67.3 Å². The van der Waals surface area contributed by atoms with Gasteiger partial charge in [-0.3, -0.25) is 9.59 Å². The molecule has 8 heteroatoms. The molecule has 0 fully saturated rings. The van der Waals surface area contributed by atoms with Gasteiger partial charge in [-0.1, -0.05) is 91.4 Å². The minimum absolute atomic E-state index is 0.126. The van der Waals surface area contributed by atoms with Crippen LogP contribution in [-0.4, -0.2) is 44.3 Å². The number of carbonyl (C=O) groups is 2. The zero-order valence-electron chi connectivity index (χ0n) is 25.0. The van der Waals surface area contributed by atoms with Crippen LogP contribution in [-0.2, 0) is 39.0 Å². The number of aryl methyl sites for hydroxylation is 1. The maximum absolute atomic E-state index is 13.9. The predicted molar refractivity (Wildman–Crippen MR) is 171 cm³/mol. The number of nitrogens with one attached hydrogen (secondary N) is 2. The van der Waals surface area contributed by atoms with Crippen LogP contribution >= 0.6 is 0 Å². The fourth-order valence-corrected chi connectivity index (χ4v) is 6.47. The van der Waals surface area contributed by atoms with Crippen molar-refractivity contribution in [2.24, 2.45) is 0 Å². The van der Waals surface area contributed by atoms with Crippen molar-refractivity contribution < 1.29 is 18.0 Å². The van der Waals surface area contributed by atoms with Crippen molar-refractivity contribution in [3.63, 3.8) is 0 Å². The van der Waals surface area contributed by atoms with Crippen molar-refractivity contribution in [2.75, 3.05) is 13.1 Å². The van der Waals surface area contributed by atoms with Crippen molar-refractivity contribution in [3.8, 4) is 0 Å². The lowest BCUT2D eigenvalue weighted by molar-refractivity contribution is -0.141. The second-order valence-corrected chi connectivity index (χ2v) is 12.8. The molecule has 1 atom stereocenters. The molecule has 0 saturated carbocycles. The summed E-state index contributed by atoms with van der Waals surface area (Å²) in [6.07, 6.45) is 8.77. The van der Waals surface area contributed by atoms with Gasteiger partial charge in [-0.25, -0.2) is 13.1 Å². The van der Waals surface area contributed by atoms with Crippen LogP contribution in [0.25, 0.3) is 0 Å². The second-order valence-electron chi connectivity index (χ2n) is 11.0. The van der Waals surface area contributed by atoms with Crippen LogP contribution in [0.1, 0.15) is 62.1 Å². The van der Waals surface area contributed by atoms with E-state index in [1.807, 2.05) is 60.7 Å². The highest BCUT2D eigenvalue weighted by molar-refractivity contribution is 7.89. The first kappa shape index (κ1) is 32.2. The minimum atomic E-state index is -3.55. The Morgan fingerprint density at radius 1 is 0.837 bits per heavy atom. The molecular formula is C35H43N3O4S. The summed E-state index contributed by atoms with van der Waals surface area (Å²) in [5, 5.41) is 3.14. The zero-order valence-corrected chi connectivity index (χ0v) is 25.8. The molecule has 0 saturated heterocycles. The molecule has 3 aromatic rings. The van der Waals surface area contributed by atoms with Crippen molar-refractivity contribution in [3.05, 3.63) is 113 Å². The van der Waals surface area contributed by atoms with E-state index < -0.39 is 16.1 Å². The Bertz CT molecular complexity index is 1460. The number of benzene rings is 3. The molecule has 43 heavy (non-hydrogen) atoms. The summed E-state index contributed by atoms with van der Waals surface area (Å²) in [5.41, 5.74) is 4.19. The van der Waals surface area contributed by atoms with E-state index in [4.69, 9.17) is 0 Å². The number of carbonyl (C=O) groups excluding carboxylic acids is 2. The van der Waals surface area contributed by atoms with Gasteiger partial charge < -0.3 is 10.2 Å². The molecule has 0 bridgehead atoms. The van der Waals surface area contributed by atoms with Gasteiger partial charge in [0.05, 0.1) is 4.90 Å². The SMILES string of the molecule is CCNS(=O)(=O)c1ccc(CCC(=O)N(Cc2ccccc2)[C@H](Cc2ccccc2)C(=O)NCCC2=CCCCC2)cc1. The van der Waals surface area contributed by atoms with Crippen LogP contribution in [0.4, 0.5) is 0 Å². The smallest absolute Gasteiger partial charge is 0.243 e. The highest BCUT2D eigenvalue weighted by atomic mass is 32.2. The molecule has 2 N–H and O–H groups in total. The first-order valence-electron chi connectivity index (χ1n) is 15.3. The van der Waals surface area contributed by atoms with Gasteiger partial charge in [0.25, 0.3) is 0 Å². The lowest BCUT2D eigenvalue weighted by atomic mass is 9.97. The normalized spacial score (nSPS) is 14.0. The van der Waals surface area contributed by atoms with Crippen molar-refractivity contribution in [2.45, 2.75) is 75.8 Å². The van der Waals surface area contributed by atoms with Crippen LogP contribution in [0.5, 0.6) is 0 Å². The van der Waals surface area contributed by atoms with Gasteiger partial charge in [-0.2, -0.15) is 0 Å². The third-order valence-electron chi connectivity index (χ3n) is 7.79. The van der Waals surface area contributed by atoms with E-state index in [0.29, 0.717) is 32.5 Å². The van der Waals surface area contributed by atoms with Gasteiger partial charge >= 0.3 is 0 Å². The van der Waals surface area contributed by atoms with Crippen molar-refractivity contribution in [1.82, 2.24) is 14.9 Å². The summed E-state index contributed by atoms with van der Waals surface area (Å²) in [7, 11) is -3.55. The standard InChI is InChI=1S/C35H43N3O4S/c1-2-37-43(41,42)32-21-18-29(19-22-32)20-23-34(39)38(27-31-16-10-5-11-17-31)33(26-30-14-8-4-9-15-30)35(40)36-25-24-28-12-6-3-7-13-28/h4-5,8-12,14-19,21-22,33,37H,2-3,6-7,13,20,23-27H2,1H3,(H,36,40)/t33-/m1/s1. The monoisotopic (exact) mass is 601 g/mol. The second kappa shape index (κ2) is 16.2. The summed E-state index contributed by atoms with van der Waals surface area (Å²) in [6, 6.07) is 25.5. The van der Waals surface area contributed by atoms with E-state index in [0.717, 1.165) is 36.0 Å². The molecule has 4 rings (SSSR count). The van der Waals surface area contributed by atoms with Gasteiger partial charge in [-0.15, -0.1) is 0 Å². The molecule has 0 aliphatic heterocycles. The topological polar surface area (TPSA) is 95.6 Å². The van der Waals surface area contributed by atoms with Crippen LogP contribution in [0.3, 0.4) is 0 Å². The summed E-state index contributed by atoms with van der Waals surface area (Å²) < 4.78 is 27.1. The summed E-state index contributed by atoms with van der Waals surface area (Å²) in [5.74, 6) is -0.276. The molecule has 3 aromatic carbocycles. The Kier molecular flexibility index (Phi) is 12.1.